The molecule has 2 amide bonds. The molecule has 13 heteroatoms. The summed E-state index contributed by atoms with van der Waals surface area (Å²) >= 11 is 7.18. The van der Waals surface area contributed by atoms with Crippen molar-refractivity contribution in [2.45, 2.75) is 13.0 Å². The van der Waals surface area contributed by atoms with Gasteiger partial charge in [0, 0.05) is 30.4 Å². The Bertz CT molecular complexity index is 980. The highest BCUT2D eigenvalue weighted by Gasteiger charge is 2.17. The van der Waals surface area contributed by atoms with Crippen LogP contribution in [0.4, 0.5) is 9.93 Å². The molecule has 2 rings (SSSR count). The zero-order valence-electron chi connectivity index (χ0n) is 15.5. The standard InChI is InChI=1S/C16H19ClN4O6S2/c1-18-16(23)26-8-12-13(7-10-4-3-5-11(17)6-10)28-15(20-12)21-14(22)9-27-29(24,25)19-2/h3-6,19H,7-9H2,1-2H3,(H,18,23)(H,20,21,22). The van der Waals surface area contributed by atoms with E-state index in [2.05, 4.69) is 19.8 Å². The van der Waals surface area contributed by atoms with E-state index < -0.39 is 28.9 Å². The summed E-state index contributed by atoms with van der Waals surface area (Å²) in [5.41, 5.74) is 1.36. The first-order valence-corrected chi connectivity index (χ1v) is 10.8. The lowest BCUT2D eigenvalue weighted by atomic mass is 10.1. The van der Waals surface area contributed by atoms with Crippen LogP contribution in [0.2, 0.25) is 5.02 Å². The van der Waals surface area contributed by atoms with Gasteiger partial charge >= 0.3 is 16.4 Å². The first-order valence-electron chi connectivity index (χ1n) is 8.17. The number of rotatable bonds is 9. The molecule has 0 saturated heterocycles. The number of thiazole rings is 1. The third kappa shape index (κ3) is 7.59. The van der Waals surface area contributed by atoms with E-state index in [1.165, 1.54) is 18.4 Å². The molecule has 0 saturated carbocycles. The molecule has 1 aromatic carbocycles. The van der Waals surface area contributed by atoms with E-state index in [9.17, 15) is 18.0 Å². The van der Waals surface area contributed by atoms with E-state index in [4.69, 9.17) is 16.3 Å². The lowest BCUT2D eigenvalue weighted by Crippen LogP contribution is -2.27. The zero-order valence-corrected chi connectivity index (χ0v) is 17.9. The van der Waals surface area contributed by atoms with Gasteiger partial charge in [-0.25, -0.2) is 14.0 Å². The number of anilines is 1. The van der Waals surface area contributed by atoms with Crippen LogP contribution in [0.15, 0.2) is 24.3 Å². The Morgan fingerprint density at radius 1 is 1.28 bits per heavy atom. The van der Waals surface area contributed by atoms with Crippen molar-refractivity contribution < 1.29 is 26.9 Å². The molecule has 0 unspecified atom stereocenters. The van der Waals surface area contributed by atoms with Crippen LogP contribution in [0.1, 0.15) is 16.1 Å². The number of amides is 2. The van der Waals surface area contributed by atoms with Crippen LogP contribution in [-0.2, 0) is 37.0 Å². The number of halogens is 1. The summed E-state index contributed by atoms with van der Waals surface area (Å²) < 4.78 is 33.9. The lowest BCUT2D eigenvalue weighted by Gasteiger charge is -2.04. The SMILES string of the molecule is CNC(=O)OCc1nc(NC(=O)COS(=O)(=O)NC)sc1Cc1cccc(Cl)c1. The van der Waals surface area contributed by atoms with Crippen LogP contribution in [0.5, 0.6) is 0 Å². The first kappa shape index (κ1) is 23.0. The van der Waals surface area contributed by atoms with Gasteiger partial charge in [0.05, 0.1) is 5.69 Å². The minimum Gasteiger partial charge on any atom is -0.443 e. The highest BCUT2D eigenvalue weighted by Crippen LogP contribution is 2.27. The van der Waals surface area contributed by atoms with Crippen LogP contribution >= 0.6 is 22.9 Å². The Morgan fingerprint density at radius 3 is 2.69 bits per heavy atom. The Hall–Kier alpha value is -2.25. The minimum atomic E-state index is -3.98. The van der Waals surface area contributed by atoms with Gasteiger partial charge in [-0.1, -0.05) is 23.7 Å². The van der Waals surface area contributed by atoms with Gasteiger partial charge in [0.25, 0.3) is 5.91 Å². The van der Waals surface area contributed by atoms with Crippen molar-refractivity contribution in [1.29, 1.82) is 0 Å². The summed E-state index contributed by atoms with van der Waals surface area (Å²) in [4.78, 5) is 28.3. The molecule has 2 aromatic rings. The third-order valence-corrected chi connectivity index (χ3v) is 5.59. The second-order valence-electron chi connectivity index (χ2n) is 5.49. The molecule has 0 aliphatic carbocycles. The van der Waals surface area contributed by atoms with E-state index in [0.717, 1.165) is 17.5 Å². The maximum atomic E-state index is 11.9. The number of carbonyl (C=O) groups is 2. The molecular weight excluding hydrogens is 444 g/mol. The summed E-state index contributed by atoms with van der Waals surface area (Å²) in [5.74, 6) is -0.703. The Kier molecular flexibility index (Phi) is 8.34. The van der Waals surface area contributed by atoms with Gasteiger partial charge in [0.1, 0.15) is 13.2 Å². The van der Waals surface area contributed by atoms with Crippen LogP contribution in [0.3, 0.4) is 0 Å². The molecule has 10 nitrogen and oxygen atoms in total. The fraction of sp³-hybridized carbons (Fsp3) is 0.312. The number of benzene rings is 1. The van der Waals surface area contributed by atoms with Crippen molar-refractivity contribution in [3.05, 3.63) is 45.4 Å². The zero-order chi connectivity index (χ0) is 21.4. The highest BCUT2D eigenvalue weighted by molar-refractivity contribution is 7.84. The van der Waals surface area contributed by atoms with Gasteiger partial charge in [0.2, 0.25) is 0 Å². The van der Waals surface area contributed by atoms with E-state index >= 15 is 0 Å². The number of nitrogens with zero attached hydrogens (tertiary/aromatic N) is 1. The summed E-state index contributed by atoms with van der Waals surface area (Å²) in [7, 11) is -1.39. The molecule has 0 bridgehead atoms. The van der Waals surface area contributed by atoms with Gasteiger partial charge in [-0.15, -0.1) is 11.3 Å². The normalized spacial score (nSPS) is 11.1. The van der Waals surface area contributed by atoms with Crippen molar-refractivity contribution >= 4 is 50.4 Å². The molecule has 0 aliphatic rings. The van der Waals surface area contributed by atoms with Crippen LogP contribution in [-0.4, -0.2) is 46.1 Å². The minimum absolute atomic E-state index is 0.105. The largest absolute Gasteiger partial charge is 0.443 e. The predicted molar refractivity (Wildman–Crippen MR) is 108 cm³/mol. The number of carbonyl (C=O) groups excluding carboxylic acids is 2. The van der Waals surface area contributed by atoms with Crippen LogP contribution in [0, 0.1) is 0 Å². The average molecular weight is 463 g/mol. The van der Waals surface area contributed by atoms with Crippen molar-refractivity contribution in [2.24, 2.45) is 0 Å². The second-order valence-corrected chi connectivity index (χ2v) is 8.56. The second kappa shape index (κ2) is 10.5. The molecule has 1 aromatic heterocycles. The van der Waals surface area contributed by atoms with Crippen molar-refractivity contribution in [1.82, 2.24) is 15.0 Å². The third-order valence-electron chi connectivity index (χ3n) is 3.42. The molecule has 0 radical (unpaired) electrons. The molecule has 29 heavy (non-hydrogen) atoms. The van der Waals surface area contributed by atoms with Crippen molar-refractivity contribution in [2.75, 3.05) is 26.0 Å². The molecule has 1 heterocycles. The molecule has 0 atom stereocenters. The molecule has 0 aliphatic heterocycles. The molecule has 0 fully saturated rings. The molecule has 3 N–H and O–H groups in total. The summed E-state index contributed by atoms with van der Waals surface area (Å²) in [6, 6.07) is 7.23. The maximum Gasteiger partial charge on any atom is 0.407 e. The van der Waals surface area contributed by atoms with Gasteiger partial charge in [0.15, 0.2) is 5.13 Å². The van der Waals surface area contributed by atoms with Gasteiger partial charge < -0.3 is 10.1 Å². The Balaban J connectivity index is 2.14. The van der Waals surface area contributed by atoms with Gasteiger partial charge in [-0.05, 0) is 17.7 Å². The summed E-state index contributed by atoms with van der Waals surface area (Å²) in [6.07, 6.45) is -0.173. The predicted octanol–water partition coefficient (Wildman–Crippen LogP) is 1.66. The van der Waals surface area contributed by atoms with E-state index in [1.807, 2.05) is 16.9 Å². The fourth-order valence-corrected chi connectivity index (χ4v) is 3.68. The van der Waals surface area contributed by atoms with Crippen molar-refractivity contribution in [3.63, 3.8) is 0 Å². The van der Waals surface area contributed by atoms with E-state index in [-0.39, 0.29) is 11.7 Å². The first-order chi connectivity index (χ1) is 13.7. The molecular formula is C16H19ClN4O6S2. The van der Waals surface area contributed by atoms with Crippen LogP contribution in [0.25, 0.3) is 0 Å². The monoisotopic (exact) mass is 462 g/mol. The Morgan fingerprint density at radius 2 is 2.03 bits per heavy atom. The smallest absolute Gasteiger partial charge is 0.407 e. The summed E-state index contributed by atoms with van der Waals surface area (Å²) in [5, 5.41) is 5.59. The van der Waals surface area contributed by atoms with E-state index in [0.29, 0.717) is 17.1 Å². The van der Waals surface area contributed by atoms with Crippen molar-refractivity contribution in [3.8, 4) is 0 Å². The van der Waals surface area contributed by atoms with E-state index in [1.54, 1.807) is 12.1 Å². The van der Waals surface area contributed by atoms with Gasteiger partial charge in [-0.2, -0.15) is 13.1 Å². The molecule has 0 spiro atoms. The summed E-state index contributed by atoms with van der Waals surface area (Å²) in [6.45, 7) is -0.816. The highest BCUT2D eigenvalue weighted by atomic mass is 35.5. The topological polar surface area (TPSA) is 136 Å². The number of alkyl carbamates (subject to hydrolysis) is 1. The van der Waals surface area contributed by atoms with Crippen LogP contribution < -0.4 is 15.4 Å². The Labute approximate surface area is 176 Å². The average Bonchev–Trinajstić information content (AvgIpc) is 3.05. The number of aromatic nitrogens is 1. The number of nitrogens with one attached hydrogen (secondary N) is 3. The number of hydrogen-bond donors (Lipinski definition) is 3. The maximum absolute atomic E-state index is 11.9. The lowest BCUT2D eigenvalue weighted by molar-refractivity contribution is -0.118. The molecule has 158 valence electrons. The quantitative estimate of drug-likeness (QED) is 0.515. The fourth-order valence-electron chi connectivity index (χ4n) is 2.07. The van der Waals surface area contributed by atoms with Gasteiger partial charge in [-0.3, -0.25) is 10.1 Å². The number of hydrogen-bond acceptors (Lipinski definition) is 8. The number of ether oxygens (including phenoxy) is 1.